The molecule has 0 unspecified atom stereocenters. The standard InChI is InChI=1S/C6H14O.C3H8O.C2H3N/c1-5(2)7-6(3)4;1-3(2)4;1-2-3/h5-6H,1-4H3;3-4H,1-2H3;1H3. The number of aliphatic hydroxyl groups is 1. The number of nitriles is 1. The first-order chi connectivity index (χ1) is 6.27. The molecule has 0 radical (unpaired) electrons. The Labute approximate surface area is 88.7 Å². The van der Waals surface area contributed by atoms with Crippen molar-refractivity contribution in [2.75, 3.05) is 0 Å². The molecule has 0 heterocycles. The molecule has 0 spiro atoms. The SMILES string of the molecule is CC#N.CC(C)O.CC(C)OC(C)C. The van der Waals surface area contributed by atoms with E-state index in [0.717, 1.165) is 0 Å². The number of aliphatic hydroxyl groups excluding tert-OH is 1. The molecule has 0 atom stereocenters. The zero-order chi connectivity index (χ0) is 12.1. The first kappa shape index (κ1) is 19.1. The number of nitrogens with zero attached hydrogens (tertiary/aromatic N) is 1. The lowest BCUT2D eigenvalue weighted by Gasteiger charge is -2.09. The van der Waals surface area contributed by atoms with Gasteiger partial charge in [-0.2, -0.15) is 5.26 Å². The van der Waals surface area contributed by atoms with Gasteiger partial charge in [-0.1, -0.05) is 0 Å². The van der Waals surface area contributed by atoms with Crippen molar-refractivity contribution in [3.8, 4) is 6.07 Å². The van der Waals surface area contributed by atoms with Crippen molar-refractivity contribution >= 4 is 0 Å². The summed E-state index contributed by atoms with van der Waals surface area (Å²) in [5.74, 6) is 0. The van der Waals surface area contributed by atoms with E-state index in [2.05, 4.69) is 0 Å². The summed E-state index contributed by atoms with van der Waals surface area (Å²) in [4.78, 5) is 0. The van der Waals surface area contributed by atoms with Gasteiger partial charge in [-0.3, -0.25) is 0 Å². The highest BCUT2D eigenvalue weighted by Crippen LogP contribution is 1.93. The molecule has 1 N–H and O–H groups in total. The average Bonchev–Trinajstić information content (AvgIpc) is 1.82. The van der Waals surface area contributed by atoms with Gasteiger partial charge < -0.3 is 9.84 Å². The van der Waals surface area contributed by atoms with Gasteiger partial charge in [-0.25, -0.2) is 0 Å². The van der Waals surface area contributed by atoms with Crippen LogP contribution in [0.4, 0.5) is 0 Å². The Kier molecular flexibility index (Phi) is 20.3. The molecule has 0 amide bonds. The van der Waals surface area contributed by atoms with E-state index in [1.54, 1.807) is 19.9 Å². The molecule has 0 aromatic carbocycles. The van der Waals surface area contributed by atoms with Crippen molar-refractivity contribution in [3.05, 3.63) is 0 Å². The molecular weight excluding hydrogens is 178 g/mol. The monoisotopic (exact) mass is 203 g/mol. The second-order valence-electron chi connectivity index (χ2n) is 3.55. The van der Waals surface area contributed by atoms with Crippen LogP contribution in [0.5, 0.6) is 0 Å². The van der Waals surface area contributed by atoms with Crippen molar-refractivity contribution in [2.45, 2.75) is 66.8 Å². The fourth-order valence-electron chi connectivity index (χ4n) is 0.544. The van der Waals surface area contributed by atoms with E-state index in [9.17, 15) is 0 Å². The molecule has 86 valence electrons. The number of ether oxygens (including phenoxy) is 1. The fraction of sp³-hybridized carbons (Fsp3) is 0.909. The highest BCUT2D eigenvalue weighted by molar-refractivity contribution is 4.51. The quantitative estimate of drug-likeness (QED) is 0.750. The molecule has 0 bridgehead atoms. The second kappa shape index (κ2) is 14.9. The summed E-state index contributed by atoms with van der Waals surface area (Å²) in [6, 6.07) is 1.75. The van der Waals surface area contributed by atoms with Crippen molar-refractivity contribution in [1.82, 2.24) is 0 Å². The number of hydrogen-bond acceptors (Lipinski definition) is 3. The van der Waals surface area contributed by atoms with E-state index in [1.807, 2.05) is 27.7 Å². The summed E-state index contributed by atoms with van der Waals surface area (Å²) in [5, 5.41) is 15.4. The van der Waals surface area contributed by atoms with Gasteiger partial charge in [-0.05, 0) is 41.5 Å². The predicted octanol–water partition coefficient (Wildman–Crippen LogP) is 2.74. The van der Waals surface area contributed by atoms with Crippen LogP contribution in [0.2, 0.25) is 0 Å². The first-order valence-corrected chi connectivity index (χ1v) is 4.92. The summed E-state index contributed by atoms with van der Waals surface area (Å²) in [5.41, 5.74) is 0. The Morgan fingerprint density at radius 2 is 1.14 bits per heavy atom. The molecule has 0 aliphatic heterocycles. The molecule has 14 heavy (non-hydrogen) atoms. The summed E-state index contributed by atoms with van der Waals surface area (Å²) in [6.07, 6.45) is 0.583. The lowest BCUT2D eigenvalue weighted by atomic mass is 10.4. The highest BCUT2D eigenvalue weighted by Gasteiger charge is 1.94. The van der Waals surface area contributed by atoms with Gasteiger partial charge in [0.25, 0.3) is 0 Å². The third-order valence-corrected chi connectivity index (χ3v) is 0.544. The maximum Gasteiger partial charge on any atom is 0.0587 e. The molecule has 0 fully saturated rings. The zero-order valence-electron chi connectivity index (χ0n) is 10.5. The Hall–Kier alpha value is -0.590. The molecule has 3 nitrogen and oxygen atoms in total. The molecule has 3 heteroatoms. The van der Waals surface area contributed by atoms with E-state index in [1.165, 1.54) is 6.92 Å². The van der Waals surface area contributed by atoms with E-state index in [4.69, 9.17) is 15.1 Å². The topological polar surface area (TPSA) is 53.2 Å². The third-order valence-electron chi connectivity index (χ3n) is 0.544. The Bertz CT molecular complexity index is 117. The lowest BCUT2D eigenvalue weighted by molar-refractivity contribution is 0.0300. The van der Waals surface area contributed by atoms with Gasteiger partial charge in [0.2, 0.25) is 0 Å². The fourth-order valence-corrected chi connectivity index (χ4v) is 0.544. The van der Waals surface area contributed by atoms with Crippen LogP contribution in [-0.2, 0) is 4.74 Å². The summed E-state index contributed by atoms with van der Waals surface area (Å²) >= 11 is 0. The maximum atomic E-state index is 8.06. The highest BCUT2D eigenvalue weighted by atomic mass is 16.5. The molecule has 0 aliphatic carbocycles. The van der Waals surface area contributed by atoms with Crippen LogP contribution in [0.3, 0.4) is 0 Å². The van der Waals surface area contributed by atoms with Crippen molar-refractivity contribution in [3.63, 3.8) is 0 Å². The zero-order valence-corrected chi connectivity index (χ0v) is 10.5. The molecule has 0 aromatic rings. The Morgan fingerprint density at radius 3 is 1.14 bits per heavy atom. The summed E-state index contributed by atoms with van der Waals surface area (Å²) < 4.78 is 5.25. The maximum absolute atomic E-state index is 8.06. The minimum Gasteiger partial charge on any atom is -0.394 e. The first-order valence-electron chi connectivity index (χ1n) is 4.92. The van der Waals surface area contributed by atoms with Crippen LogP contribution in [-0.4, -0.2) is 23.4 Å². The van der Waals surface area contributed by atoms with Gasteiger partial charge in [0.1, 0.15) is 0 Å². The van der Waals surface area contributed by atoms with Gasteiger partial charge in [0.15, 0.2) is 0 Å². The Morgan fingerprint density at radius 1 is 1.00 bits per heavy atom. The normalized spacial score (nSPS) is 8.71. The molecule has 0 rings (SSSR count). The largest absolute Gasteiger partial charge is 0.394 e. The van der Waals surface area contributed by atoms with Gasteiger partial charge in [0.05, 0.1) is 18.3 Å². The molecule has 0 aromatic heterocycles. The molecular formula is C11H25NO2. The summed E-state index contributed by atoms with van der Waals surface area (Å²) in [6.45, 7) is 13.0. The van der Waals surface area contributed by atoms with Crippen LogP contribution >= 0.6 is 0 Å². The molecule has 0 aliphatic rings. The van der Waals surface area contributed by atoms with Crippen molar-refractivity contribution in [2.24, 2.45) is 0 Å². The van der Waals surface area contributed by atoms with Crippen molar-refractivity contribution < 1.29 is 9.84 Å². The number of rotatable bonds is 2. The van der Waals surface area contributed by atoms with Crippen LogP contribution in [0.1, 0.15) is 48.5 Å². The van der Waals surface area contributed by atoms with E-state index in [-0.39, 0.29) is 6.10 Å². The van der Waals surface area contributed by atoms with Crippen LogP contribution in [0.25, 0.3) is 0 Å². The molecule has 0 saturated heterocycles. The van der Waals surface area contributed by atoms with Gasteiger partial charge in [-0.15, -0.1) is 0 Å². The second-order valence-corrected chi connectivity index (χ2v) is 3.55. The predicted molar refractivity (Wildman–Crippen MR) is 60.0 cm³/mol. The van der Waals surface area contributed by atoms with Gasteiger partial charge in [0, 0.05) is 13.0 Å². The van der Waals surface area contributed by atoms with E-state index >= 15 is 0 Å². The average molecular weight is 203 g/mol. The van der Waals surface area contributed by atoms with E-state index in [0.29, 0.717) is 12.2 Å². The van der Waals surface area contributed by atoms with E-state index < -0.39 is 0 Å². The van der Waals surface area contributed by atoms with Crippen LogP contribution in [0, 0.1) is 11.3 Å². The smallest absolute Gasteiger partial charge is 0.0587 e. The van der Waals surface area contributed by atoms with Crippen molar-refractivity contribution in [1.29, 1.82) is 5.26 Å². The minimum atomic E-state index is -0.167. The lowest BCUT2D eigenvalue weighted by Crippen LogP contribution is -2.09. The third kappa shape index (κ3) is 106. The summed E-state index contributed by atoms with van der Waals surface area (Å²) in [7, 11) is 0. The minimum absolute atomic E-state index is 0.167. The number of hydrogen-bond donors (Lipinski definition) is 1. The van der Waals surface area contributed by atoms with Crippen LogP contribution < -0.4 is 0 Å². The Balaban J connectivity index is -0.000000147. The van der Waals surface area contributed by atoms with Gasteiger partial charge >= 0.3 is 0 Å². The molecule has 0 saturated carbocycles. The van der Waals surface area contributed by atoms with Crippen LogP contribution in [0.15, 0.2) is 0 Å².